The smallest absolute Gasteiger partial charge is 0.410 e. The van der Waals surface area contributed by atoms with Crippen molar-refractivity contribution in [2.24, 2.45) is 5.73 Å². The van der Waals surface area contributed by atoms with Gasteiger partial charge in [-0.1, -0.05) is 6.07 Å². The largest absolute Gasteiger partial charge is 0.444 e. The van der Waals surface area contributed by atoms with Gasteiger partial charge >= 0.3 is 6.09 Å². The van der Waals surface area contributed by atoms with Crippen LogP contribution in [0, 0.1) is 12.7 Å². The number of carbonyl (C=O) groups excluding carboxylic acids is 1. The molecule has 1 aliphatic rings. The fourth-order valence-electron chi connectivity index (χ4n) is 2.87. The minimum atomic E-state index is -0.517. The highest BCUT2D eigenvalue weighted by Crippen LogP contribution is 2.30. The molecule has 2 atom stereocenters. The maximum Gasteiger partial charge on any atom is 0.410 e. The minimum absolute atomic E-state index is 0.0642. The lowest BCUT2D eigenvalue weighted by atomic mass is 9.83. The van der Waals surface area contributed by atoms with Gasteiger partial charge in [-0.3, -0.25) is 0 Å². The molecule has 0 bridgehead atoms. The Balaban J connectivity index is 2.07. The lowest BCUT2D eigenvalue weighted by Gasteiger charge is -2.38. The molecule has 4 nitrogen and oxygen atoms in total. The monoisotopic (exact) mass is 308 g/mol. The number of rotatable bonds is 1. The first-order valence-electron chi connectivity index (χ1n) is 7.67. The Kier molecular flexibility index (Phi) is 4.75. The van der Waals surface area contributed by atoms with Gasteiger partial charge in [0.05, 0.1) is 0 Å². The number of aryl methyl sites for hydroxylation is 1. The molecule has 0 aliphatic carbocycles. The van der Waals surface area contributed by atoms with E-state index in [-0.39, 0.29) is 23.9 Å². The third-order valence-corrected chi connectivity index (χ3v) is 3.95. The fraction of sp³-hybridized carbons (Fsp3) is 0.588. The molecule has 1 aliphatic heterocycles. The van der Waals surface area contributed by atoms with Crippen LogP contribution in [0.1, 0.15) is 44.2 Å². The molecular formula is C17H25FN2O2. The molecule has 0 aromatic heterocycles. The summed E-state index contributed by atoms with van der Waals surface area (Å²) in [6.45, 7) is 8.48. The summed E-state index contributed by atoms with van der Waals surface area (Å²) in [6.07, 6.45) is 0.377. The molecule has 1 aromatic rings. The number of hydrogen-bond acceptors (Lipinski definition) is 3. The van der Waals surface area contributed by atoms with E-state index in [1.165, 1.54) is 6.07 Å². The SMILES string of the molecule is Cc1ccc(F)cc1[C@@H]1CCN(C(=O)OC(C)(C)C)C[C@H]1N. The van der Waals surface area contributed by atoms with Gasteiger partial charge in [0, 0.05) is 25.0 Å². The van der Waals surface area contributed by atoms with Crippen LogP contribution in [0.25, 0.3) is 0 Å². The predicted molar refractivity (Wildman–Crippen MR) is 84.3 cm³/mol. The second-order valence-corrected chi connectivity index (χ2v) is 6.99. The predicted octanol–water partition coefficient (Wildman–Crippen LogP) is 3.19. The van der Waals surface area contributed by atoms with E-state index in [2.05, 4.69) is 0 Å². The number of nitrogens with zero attached hydrogens (tertiary/aromatic N) is 1. The van der Waals surface area contributed by atoms with Crippen molar-refractivity contribution in [2.45, 2.75) is 51.7 Å². The summed E-state index contributed by atoms with van der Waals surface area (Å²) in [7, 11) is 0. The lowest BCUT2D eigenvalue weighted by Crippen LogP contribution is -2.50. The average Bonchev–Trinajstić information content (AvgIpc) is 2.40. The first-order chi connectivity index (χ1) is 10.2. The van der Waals surface area contributed by atoms with E-state index in [1.807, 2.05) is 27.7 Å². The van der Waals surface area contributed by atoms with Gasteiger partial charge < -0.3 is 15.4 Å². The number of piperidine rings is 1. The third-order valence-electron chi connectivity index (χ3n) is 3.95. The van der Waals surface area contributed by atoms with Gasteiger partial charge in [0.25, 0.3) is 0 Å². The number of halogens is 1. The Labute approximate surface area is 131 Å². The number of likely N-dealkylation sites (tertiary alicyclic amines) is 1. The number of nitrogens with two attached hydrogens (primary N) is 1. The number of carbonyl (C=O) groups is 1. The molecule has 0 spiro atoms. The quantitative estimate of drug-likeness (QED) is 0.867. The highest BCUT2D eigenvalue weighted by molar-refractivity contribution is 5.68. The second-order valence-electron chi connectivity index (χ2n) is 6.99. The lowest BCUT2D eigenvalue weighted by molar-refractivity contribution is 0.0186. The molecule has 122 valence electrons. The van der Waals surface area contributed by atoms with E-state index < -0.39 is 5.60 Å². The van der Waals surface area contributed by atoms with Crippen molar-refractivity contribution >= 4 is 6.09 Å². The number of benzene rings is 1. The Morgan fingerprint density at radius 1 is 1.41 bits per heavy atom. The van der Waals surface area contributed by atoms with Crippen LogP contribution in [0.2, 0.25) is 0 Å². The maximum atomic E-state index is 13.5. The summed E-state index contributed by atoms with van der Waals surface area (Å²) in [5.41, 5.74) is 7.71. The molecule has 1 amide bonds. The molecule has 1 heterocycles. The van der Waals surface area contributed by atoms with E-state index in [1.54, 1.807) is 17.0 Å². The van der Waals surface area contributed by atoms with Gasteiger partial charge in [0.1, 0.15) is 11.4 Å². The van der Waals surface area contributed by atoms with Crippen LogP contribution in [-0.4, -0.2) is 35.7 Å². The van der Waals surface area contributed by atoms with Gasteiger partial charge in [-0.05, 0) is 57.4 Å². The first kappa shape index (κ1) is 16.7. The average molecular weight is 308 g/mol. The van der Waals surface area contributed by atoms with Crippen LogP contribution in [0.5, 0.6) is 0 Å². The zero-order chi connectivity index (χ0) is 16.5. The van der Waals surface area contributed by atoms with E-state index in [0.717, 1.165) is 11.1 Å². The summed E-state index contributed by atoms with van der Waals surface area (Å²) >= 11 is 0. The van der Waals surface area contributed by atoms with Gasteiger partial charge in [0.15, 0.2) is 0 Å². The van der Waals surface area contributed by atoms with Gasteiger partial charge in [-0.2, -0.15) is 0 Å². The molecule has 2 rings (SSSR count). The summed E-state index contributed by atoms with van der Waals surface area (Å²) in [5.74, 6) is -0.184. The highest BCUT2D eigenvalue weighted by atomic mass is 19.1. The third kappa shape index (κ3) is 3.97. The summed E-state index contributed by atoms with van der Waals surface area (Å²) in [6, 6.07) is 4.57. The van der Waals surface area contributed by atoms with E-state index in [9.17, 15) is 9.18 Å². The van der Waals surface area contributed by atoms with E-state index >= 15 is 0 Å². The molecular weight excluding hydrogens is 283 g/mol. The molecule has 2 N–H and O–H groups in total. The number of ether oxygens (including phenoxy) is 1. The van der Waals surface area contributed by atoms with Crippen molar-refractivity contribution < 1.29 is 13.9 Å². The minimum Gasteiger partial charge on any atom is -0.444 e. The van der Waals surface area contributed by atoms with Crippen molar-refractivity contribution in [2.75, 3.05) is 13.1 Å². The fourth-order valence-corrected chi connectivity index (χ4v) is 2.87. The van der Waals surface area contributed by atoms with Crippen molar-refractivity contribution in [3.05, 3.63) is 35.1 Å². The zero-order valence-electron chi connectivity index (χ0n) is 13.7. The Morgan fingerprint density at radius 2 is 2.09 bits per heavy atom. The van der Waals surface area contributed by atoms with Crippen molar-refractivity contribution in [1.82, 2.24) is 4.90 Å². The van der Waals surface area contributed by atoms with Crippen LogP contribution < -0.4 is 5.73 Å². The summed E-state index contributed by atoms with van der Waals surface area (Å²) in [5, 5.41) is 0. The van der Waals surface area contributed by atoms with E-state index in [4.69, 9.17) is 10.5 Å². The second kappa shape index (κ2) is 6.24. The molecule has 0 radical (unpaired) electrons. The first-order valence-corrected chi connectivity index (χ1v) is 7.67. The van der Waals surface area contributed by atoms with Crippen LogP contribution >= 0.6 is 0 Å². The normalized spacial score (nSPS) is 22.5. The standard InChI is InChI=1S/C17H25FN2O2/c1-11-5-6-12(18)9-14(11)13-7-8-20(10-15(13)19)16(21)22-17(2,3)4/h5-6,9,13,15H,7-8,10,19H2,1-4H3/t13-,15+/m0/s1. The zero-order valence-corrected chi connectivity index (χ0v) is 13.7. The Hall–Kier alpha value is -1.62. The van der Waals surface area contributed by atoms with E-state index in [0.29, 0.717) is 19.5 Å². The van der Waals surface area contributed by atoms with Crippen LogP contribution in [0.15, 0.2) is 18.2 Å². The summed E-state index contributed by atoms with van der Waals surface area (Å²) in [4.78, 5) is 13.8. The molecule has 1 fully saturated rings. The highest BCUT2D eigenvalue weighted by Gasteiger charge is 2.33. The number of hydrogen-bond donors (Lipinski definition) is 1. The van der Waals surface area contributed by atoms with Gasteiger partial charge in [0.2, 0.25) is 0 Å². The molecule has 1 saturated heterocycles. The summed E-state index contributed by atoms with van der Waals surface area (Å²) < 4.78 is 18.9. The van der Waals surface area contributed by atoms with Crippen LogP contribution in [0.4, 0.5) is 9.18 Å². The maximum absolute atomic E-state index is 13.5. The topological polar surface area (TPSA) is 55.6 Å². The van der Waals surface area contributed by atoms with Crippen molar-refractivity contribution in [3.63, 3.8) is 0 Å². The van der Waals surface area contributed by atoms with Gasteiger partial charge in [-0.25, -0.2) is 9.18 Å². The van der Waals surface area contributed by atoms with Crippen molar-refractivity contribution in [1.29, 1.82) is 0 Å². The molecule has 0 saturated carbocycles. The van der Waals surface area contributed by atoms with Crippen LogP contribution in [-0.2, 0) is 4.74 Å². The molecule has 1 aromatic carbocycles. The van der Waals surface area contributed by atoms with Crippen molar-refractivity contribution in [3.8, 4) is 0 Å². The van der Waals surface area contributed by atoms with Crippen LogP contribution in [0.3, 0.4) is 0 Å². The Bertz CT molecular complexity index is 554. The molecule has 0 unspecified atom stereocenters. The van der Waals surface area contributed by atoms with Gasteiger partial charge in [-0.15, -0.1) is 0 Å². The molecule has 22 heavy (non-hydrogen) atoms. The molecule has 5 heteroatoms. The Morgan fingerprint density at radius 3 is 2.68 bits per heavy atom. The number of amides is 1.